The van der Waals surface area contributed by atoms with Gasteiger partial charge in [-0.25, -0.2) is 0 Å². The van der Waals surface area contributed by atoms with Gasteiger partial charge in [-0.3, -0.25) is 0 Å². The second-order valence-corrected chi connectivity index (χ2v) is 0. The first kappa shape index (κ1) is 36.1. The van der Waals surface area contributed by atoms with Crippen molar-refractivity contribution >= 4 is 17.4 Å². The maximum Gasteiger partial charge on any atom is 0.146 e. The molecule has 0 aliphatic carbocycles. The Morgan fingerprint density at radius 1 is 1.00 bits per heavy atom. The SMILES string of the molecule is [AlH2].[Cu].[Fe].[Mn]. The minimum atomic E-state index is 0. The van der Waals surface area contributed by atoms with E-state index in [4.69, 9.17) is 0 Å². The fraction of sp³-hybridized carbons (Fsp3) is 0. The van der Waals surface area contributed by atoms with Gasteiger partial charge in [0.25, 0.3) is 0 Å². The molecule has 0 saturated carbocycles. The topological polar surface area (TPSA) is 0 Å². The van der Waals surface area contributed by atoms with Gasteiger partial charge in [-0.05, 0) is 0 Å². The third-order valence-electron chi connectivity index (χ3n) is 0. The minimum Gasteiger partial charge on any atom is 0 e. The van der Waals surface area contributed by atoms with Crippen molar-refractivity contribution in [2.45, 2.75) is 0 Å². The van der Waals surface area contributed by atoms with Gasteiger partial charge in [-0.1, -0.05) is 0 Å². The van der Waals surface area contributed by atoms with E-state index in [2.05, 4.69) is 0 Å². The Hall–Kier alpha value is 2.09. The number of rotatable bonds is 0. The summed E-state index contributed by atoms with van der Waals surface area (Å²) in [5.74, 6) is 0. The predicted molar refractivity (Wildman–Crippen MR) is 8.54 cm³/mol. The molecule has 0 rings (SSSR count). The predicted octanol–water partition coefficient (Wildman–Crippen LogP) is -0.924. The zero-order valence-corrected chi connectivity index (χ0v) is 7.26. The standard InChI is InChI=1S/Al.Cu.Fe.Mn.2H. The van der Waals surface area contributed by atoms with E-state index in [1.165, 1.54) is 0 Å². The molecule has 4 heteroatoms. The van der Waals surface area contributed by atoms with E-state index >= 15 is 0 Å². The second kappa shape index (κ2) is 19.5. The first-order valence-electron chi connectivity index (χ1n) is 0. The van der Waals surface area contributed by atoms with Crippen LogP contribution in [0.2, 0.25) is 0 Å². The van der Waals surface area contributed by atoms with Crippen molar-refractivity contribution in [2.75, 3.05) is 0 Å². The van der Waals surface area contributed by atoms with Crippen molar-refractivity contribution in [1.29, 1.82) is 0 Å². The van der Waals surface area contributed by atoms with E-state index in [9.17, 15) is 0 Å². The zero-order chi connectivity index (χ0) is 0. The summed E-state index contributed by atoms with van der Waals surface area (Å²) < 4.78 is 0. The smallest absolute Gasteiger partial charge is 0 e. The van der Waals surface area contributed by atoms with Gasteiger partial charge in [0.05, 0.1) is 0 Å². The molecule has 0 fully saturated rings. The molecule has 0 amide bonds. The molecule has 0 aromatic rings. The van der Waals surface area contributed by atoms with Crippen molar-refractivity contribution in [3.63, 3.8) is 0 Å². The van der Waals surface area contributed by atoms with E-state index in [1.807, 2.05) is 0 Å². The summed E-state index contributed by atoms with van der Waals surface area (Å²) in [5.41, 5.74) is 0. The summed E-state index contributed by atoms with van der Waals surface area (Å²) in [6.07, 6.45) is 0. The van der Waals surface area contributed by atoms with Crippen molar-refractivity contribution < 1.29 is 51.2 Å². The zero-order valence-electron chi connectivity index (χ0n) is 2.03. The van der Waals surface area contributed by atoms with Crippen molar-refractivity contribution in [3.8, 4) is 0 Å². The molecule has 0 aromatic carbocycles. The quantitative estimate of drug-likeness (QED) is 0.447. The van der Waals surface area contributed by atoms with E-state index < -0.39 is 0 Å². The van der Waals surface area contributed by atoms with Crippen molar-refractivity contribution in [1.82, 2.24) is 0 Å². The fourth-order valence-corrected chi connectivity index (χ4v) is 0. The van der Waals surface area contributed by atoms with Crippen LogP contribution in [-0.2, 0) is 51.2 Å². The molecule has 0 bridgehead atoms. The maximum atomic E-state index is 0. The van der Waals surface area contributed by atoms with Crippen LogP contribution in [0.3, 0.4) is 0 Å². The third-order valence-corrected chi connectivity index (χ3v) is 0. The van der Waals surface area contributed by atoms with Gasteiger partial charge in [0.1, 0.15) is 17.4 Å². The van der Waals surface area contributed by atoms with Gasteiger partial charge in [-0.2, -0.15) is 0 Å². The van der Waals surface area contributed by atoms with Crippen LogP contribution >= 0.6 is 0 Å². The van der Waals surface area contributed by atoms with E-state index in [0.29, 0.717) is 0 Å². The molecule has 0 aliphatic rings. The molecule has 0 aromatic heterocycles. The van der Waals surface area contributed by atoms with Gasteiger partial charge in [0.2, 0.25) is 0 Å². The average Bonchev–Trinajstić information content (AvgIpc) is 0. The molecule has 0 atom stereocenters. The molecule has 4 heavy (non-hydrogen) atoms. The molecule has 0 saturated heterocycles. The summed E-state index contributed by atoms with van der Waals surface area (Å²) in [6.45, 7) is 0. The van der Waals surface area contributed by atoms with Gasteiger partial charge < -0.3 is 0 Å². The molecule has 3 radical (unpaired) electrons. The molecule has 0 aliphatic heterocycles. The monoisotopic (exact) mass is 203 g/mol. The van der Waals surface area contributed by atoms with Crippen molar-refractivity contribution in [2.24, 2.45) is 0 Å². The Morgan fingerprint density at radius 2 is 1.00 bits per heavy atom. The first-order valence-corrected chi connectivity index (χ1v) is 0. The fourth-order valence-electron chi connectivity index (χ4n) is 0. The third kappa shape index (κ3) is 8.94. The molecular weight excluding hydrogens is 201 g/mol. The van der Waals surface area contributed by atoms with Crippen LogP contribution in [0, 0.1) is 0 Å². The van der Waals surface area contributed by atoms with Crippen LogP contribution in [-0.4, -0.2) is 17.4 Å². The Bertz CT molecular complexity index is 8.00. The van der Waals surface area contributed by atoms with E-state index in [0.717, 1.165) is 0 Å². The van der Waals surface area contributed by atoms with Gasteiger partial charge in [0, 0.05) is 51.2 Å². The Kier molecular flexibility index (Phi) is 176. The summed E-state index contributed by atoms with van der Waals surface area (Å²) in [7, 11) is 0. The van der Waals surface area contributed by atoms with Crippen molar-refractivity contribution in [3.05, 3.63) is 0 Å². The van der Waals surface area contributed by atoms with Crippen LogP contribution < -0.4 is 0 Å². The summed E-state index contributed by atoms with van der Waals surface area (Å²) >= 11 is 0. The summed E-state index contributed by atoms with van der Waals surface area (Å²) in [5, 5.41) is 0. The number of hydrogen-bond donors (Lipinski definition) is 0. The average molecular weight is 203 g/mol. The minimum absolute atomic E-state index is 0. The van der Waals surface area contributed by atoms with Crippen LogP contribution in [0.1, 0.15) is 0 Å². The van der Waals surface area contributed by atoms with Gasteiger partial charge in [0.15, 0.2) is 0 Å². The molecule has 0 heterocycles. The van der Waals surface area contributed by atoms with E-state index in [1.54, 1.807) is 0 Å². The van der Waals surface area contributed by atoms with E-state index in [-0.39, 0.29) is 68.6 Å². The molecular formula is H2AlCuFeMn. The number of hydrogen-bond acceptors (Lipinski definition) is 0. The Balaban J connectivity index is 0. The molecule has 31 valence electrons. The Labute approximate surface area is 68.0 Å². The molecule has 0 spiro atoms. The molecule has 0 N–H and O–H groups in total. The summed E-state index contributed by atoms with van der Waals surface area (Å²) in [6, 6.07) is 0. The molecule has 0 nitrogen and oxygen atoms in total. The van der Waals surface area contributed by atoms with Crippen LogP contribution in [0.15, 0.2) is 0 Å². The largest absolute Gasteiger partial charge is 0.146 e. The van der Waals surface area contributed by atoms with Crippen LogP contribution in [0.25, 0.3) is 0 Å². The first-order chi connectivity index (χ1) is 0. The maximum absolute atomic E-state index is 0. The normalized spacial score (nSPS) is 0. The molecule has 0 unspecified atom stereocenters. The Morgan fingerprint density at radius 3 is 1.00 bits per heavy atom. The van der Waals surface area contributed by atoms with Crippen LogP contribution in [0.5, 0.6) is 0 Å². The van der Waals surface area contributed by atoms with Gasteiger partial charge >= 0.3 is 0 Å². The van der Waals surface area contributed by atoms with Crippen LogP contribution in [0.4, 0.5) is 0 Å². The second-order valence-electron chi connectivity index (χ2n) is 0. The van der Waals surface area contributed by atoms with Gasteiger partial charge in [-0.15, -0.1) is 0 Å². The summed E-state index contributed by atoms with van der Waals surface area (Å²) in [4.78, 5) is 0.